The lowest BCUT2D eigenvalue weighted by atomic mass is 10.1. The van der Waals surface area contributed by atoms with Gasteiger partial charge in [0.05, 0.1) is 29.7 Å². The van der Waals surface area contributed by atoms with Crippen LogP contribution in [-0.2, 0) is 26.0 Å². The summed E-state index contributed by atoms with van der Waals surface area (Å²) in [6.45, 7) is -0.629. The first-order chi connectivity index (χ1) is 13.4. The second-order valence-corrected chi connectivity index (χ2v) is 8.82. The number of rotatable bonds is 6. The van der Waals surface area contributed by atoms with Gasteiger partial charge < -0.3 is 14.7 Å². The Balaban J connectivity index is 1.71. The number of aliphatic hydroxyl groups is 1. The lowest BCUT2D eigenvalue weighted by molar-refractivity contribution is -0.122. The molecular formula is C20H21NO6S. The fourth-order valence-corrected chi connectivity index (χ4v) is 4.85. The van der Waals surface area contributed by atoms with Crippen molar-refractivity contribution in [3.8, 4) is 0 Å². The van der Waals surface area contributed by atoms with E-state index >= 15 is 0 Å². The number of esters is 1. The van der Waals surface area contributed by atoms with Gasteiger partial charge in [-0.25, -0.2) is 13.2 Å². The van der Waals surface area contributed by atoms with Gasteiger partial charge in [-0.2, -0.15) is 0 Å². The Hall–Kier alpha value is -2.71. The third kappa shape index (κ3) is 4.76. The highest BCUT2D eigenvalue weighted by molar-refractivity contribution is 7.91. The largest absolute Gasteiger partial charge is 0.452 e. The van der Waals surface area contributed by atoms with Crippen molar-refractivity contribution in [2.24, 2.45) is 0 Å². The van der Waals surface area contributed by atoms with E-state index in [4.69, 9.17) is 9.84 Å². The van der Waals surface area contributed by atoms with Gasteiger partial charge in [-0.3, -0.25) is 4.79 Å². The molecule has 1 aliphatic heterocycles. The smallest absolute Gasteiger partial charge is 0.338 e. The van der Waals surface area contributed by atoms with Crippen LogP contribution in [-0.4, -0.2) is 49.6 Å². The van der Waals surface area contributed by atoms with Crippen LogP contribution >= 0.6 is 0 Å². The molecular weight excluding hydrogens is 382 g/mol. The van der Waals surface area contributed by atoms with Crippen LogP contribution in [0.15, 0.2) is 54.6 Å². The van der Waals surface area contributed by atoms with E-state index in [2.05, 4.69) is 0 Å². The van der Waals surface area contributed by atoms with E-state index in [9.17, 15) is 18.0 Å². The summed E-state index contributed by atoms with van der Waals surface area (Å²) in [7, 11) is -3.18. The number of para-hydroxylation sites is 1. The van der Waals surface area contributed by atoms with E-state index in [0.29, 0.717) is 17.7 Å². The topological polar surface area (TPSA) is 101 Å². The number of benzene rings is 2. The van der Waals surface area contributed by atoms with Gasteiger partial charge in [0, 0.05) is 5.69 Å². The number of aliphatic hydroxyl groups excluding tert-OH is 1. The van der Waals surface area contributed by atoms with E-state index in [1.165, 1.54) is 17.0 Å². The number of sulfone groups is 1. The molecule has 2 aromatic carbocycles. The third-order valence-corrected chi connectivity index (χ3v) is 6.33. The number of carbonyl (C=O) groups excluding carboxylic acids is 2. The fourth-order valence-electron chi connectivity index (χ4n) is 3.15. The third-order valence-electron chi connectivity index (χ3n) is 4.58. The minimum absolute atomic E-state index is 0.0330. The first-order valence-electron chi connectivity index (χ1n) is 8.84. The van der Waals surface area contributed by atoms with Crippen LogP contribution in [0, 0.1) is 0 Å². The van der Waals surface area contributed by atoms with Gasteiger partial charge >= 0.3 is 5.97 Å². The van der Waals surface area contributed by atoms with Crippen molar-refractivity contribution >= 4 is 27.4 Å². The highest BCUT2D eigenvalue weighted by Gasteiger charge is 2.35. The quantitative estimate of drug-likeness (QED) is 0.735. The van der Waals surface area contributed by atoms with Crippen molar-refractivity contribution in [1.29, 1.82) is 0 Å². The average Bonchev–Trinajstić information content (AvgIpc) is 3.06. The fraction of sp³-hybridized carbons (Fsp3) is 0.300. The van der Waals surface area contributed by atoms with Gasteiger partial charge in [-0.15, -0.1) is 0 Å². The first kappa shape index (κ1) is 20.0. The summed E-state index contributed by atoms with van der Waals surface area (Å²) in [5, 5.41) is 9.04. The molecule has 28 heavy (non-hydrogen) atoms. The average molecular weight is 403 g/mol. The van der Waals surface area contributed by atoms with Gasteiger partial charge in [0.25, 0.3) is 5.91 Å². The van der Waals surface area contributed by atoms with Gasteiger partial charge in [0.15, 0.2) is 16.4 Å². The van der Waals surface area contributed by atoms with Crippen molar-refractivity contribution in [3.05, 3.63) is 65.7 Å². The summed E-state index contributed by atoms with van der Waals surface area (Å²) in [5.74, 6) is -1.21. The highest BCUT2D eigenvalue weighted by atomic mass is 32.2. The van der Waals surface area contributed by atoms with Crippen molar-refractivity contribution < 1.29 is 27.9 Å². The Bertz CT molecular complexity index is 940. The lowest BCUT2D eigenvalue weighted by Gasteiger charge is -2.28. The molecule has 0 radical (unpaired) electrons. The van der Waals surface area contributed by atoms with Crippen LogP contribution in [0.5, 0.6) is 0 Å². The van der Waals surface area contributed by atoms with E-state index in [0.717, 1.165) is 0 Å². The number of hydrogen-bond donors (Lipinski definition) is 1. The number of anilines is 1. The minimum atomic E-state index is -3.18. The molecule has 2 aromatic rings. The molecule has 7 nitrogen and oxygen atoms in total. The van der Waals surface area contributed by atoms with Crippen molar-refractivity contribution in [2.75, 3.05) is 23.0 Å². The Morgan fingerprint density at radius 1 is 1.07 bits per heavy atom. The number of ether oxygens (including phenoxy) is 1. The van der Waals surface area contributed by atoms with Crippen LogP contribution in [0.3, 0.4) is 0 Å². The molecule has 3 rings (SSSR count). The van der Waals surface area contributed by atoms with Gasteiger partial charge in [0.1, 0.15) is 0 Å². The zero-order valence-corrected chi connectivity index (χ0v) is 16.0. The number of carbonyl (C=O) groups is 2. The molecule has 1 N–H and O–H groups in total. The van der Waals surface area contributed by atoms with Crippen LogP contribution in [0.25, 0.3) is 0 Å². The predicted octanol–water partition coefficient (Wildman–Crippen LogP) is 1.56. The van der Waals surface area contributed by atoms with Crippen molar-refractivity contribution in [2.45, 2.75) is 19.1 Å². The molecule has 148 valence electrons. The van der Waals surface area contributed by atoms with E-state index in [-0.39, 0.29) is 23.7 Å². The van der Waals surface area contributed by atoms with Crippen LogP contribution in [0.4, 0.5) is 5.69 Å². The molecule has 0 bridgehead atoms. The maximum absolute atomic E-state index is 12.8. The molecule has 1 saturated heterocycles. The zero-order chi connectivity index (χ0) is 20.1. The molecule has 1 aliphatic rings. The summed E-state index contributed by atoms with van der Waals surface area (Å²) in [4.78, 5) is 26.4. The zero-order valence-electron chi connectivity index (χ0n) is 15.2. The van der Waals surface area contributed by atoms with Gasteiger partial charge in [-0.1, -0.05) is 30.3 Å². The molecule has 1 amide bonds. The van der Waals surface area contributed by atoms with Crippen LogP contribution in [0.1, 0.15) is 22.3 Å². The summed E-state index contributed by atoms with van der Waals surface area (Å²) in [5.41, 5.74) is 1.49. The second-order valence-electron chi connectivity index (χ2n) is 6.59. The van der Waals surface area contributed by atoms with Crippen molar-refractivity contribution in [3.63, 3.8) is 0 Å². The monoisotopic (exact) mass is 403 g/mol. The van der Waals surface area contributed by atoms with E-state index in [1.807, 2.05) is 0 Å². The predicted molar refractivity (Wildman–Crippen MR) is 104 cm³/mol. The summed E-state index contributed by atoms with van der Waals surface area (Å²) in [6.07, 6.45) is 0.347. The standard InChI is InChI=1S/C20H21NO6S/c22-12-15-6-8-16(9-7-15)20(24)27-13-19(23)21(17-4-2-1-3-5-17)18-10-11-28(25,26)14-18/h1-9,18,22H,10-14H2/t18-/m0/s1. The molecule has 1 heterocycles. The number of nitrogens with zero attached hydrogens (tertiary/aromatic N) is 1. The molecule has 0 aliphatic carbocycles. The molecule has 8 heteroatoms. The summed E-state index contributed by atoms with van der Waals surface area (Å²) >= 11 is 0. The number of amides is 1. The molecule has 0 spiro atoms. The Morgan fingerprint density at radius 3 is 2.32 bits per heavy atom. The lowest BCUT2D eigenvalue weighted by Crippen LogP contribution is -2.43. The molecule has 0 saturated carbocycles. The highest BCUT2D eigenvalue weighted by Crippen LogP contribution is 2.24. The van der Waals surface area contributed by atoms with Crippen LogP contribution in [0.2, 0.25) is 0 Å². The number of hydrogen-bond acceptors (Lipinski definition) is 6. The van der Waals surface area contributed by atoms with E-state index in [1.54, 1.807) is 42.5 Å². The molecule has 1 atom stereocenters. The van der Waals surface area contributed by atoms with Gasteiger partial charge in [-0.05, 0) is 36.2 Å². The van der Waals surface area contributed by atoms with E-state index < -0.39 is 34.4 Å². The SMILES string of the molecule is O=C(OCC(=O)N(c1ccccc1)[C@H]1CCS(=O)(=O)C1)c1ccc(CO)cc1. The maximum Gasteiger partial charge on any atom is 0.338 e. The Morgan fingerprint density at radius 2 is 1.75 bits per heavy atom. The van der Waals surface area contributed by atoms with Crippen molar-refractivity contribution in [1.82, 2.24) is 0 Å². The summed E-state index contributed by atoms with van der Waals surface area (Å²) < 4.78 is 28.9. The maximum atomic E-state index is 12.8. The first-order valence-corrected chi connectivity index (χ1v) is 10.7. The molecule has 0 aromatic heterocycles. The molecule has 1 fully saturated rings. The normalized spacial score (nSPS) is 17.8. The summed E-state index contributed by atoms with van der Waals surface area (Å²) in [6, 6.07) is 14.5. The minimum Gasteiger partial charge on any atom is -0.452 e. The van der Waals surface area contributed by atoms with Crippen LogP contribution < -0.4 is 4.90 Å². The van der Waals surface area contributed by atoms with Gasteiger partial charge in [0.2, 0.25) is 0 Å². The molecule has 0 unspecified atom stereocenters. The Labute approximate surface area is 163 Å². The second kappa shape index (κ2) is 8.53. The Kier molecular flexibility index (Phi) is 6.11.